The summed E-state index contributed by atoms with van der Waals surface area (Å²) in [6, 6.07) is 14.8. The predicted molar refractivity (Wildman–Crippen MR) is 102 cm³/mol. The van der Waals surface area contributed by atoms with Crippen molar-refractivity contribution in [3.8, 4) is 0 Å². The standard InChI is InChI=1S/C17H19N5OS/c1-11-3-7-14(8-4-11)19-17(24)20-15-9-5-13(6-10-15)12(2)21-22-16(18)23/h3-10H,1-2H3,(H3,18,22,23)(H2,19,20,24)/b21-12+. The Bertz CT molecular complexity index is 754. The second-order valence-electron chi connectivity index (χ2n) is 5.20. The van der Waals surface area contributed by atoms with Crippen molar-refractivity contribution in [3.05, 3.63) is 59.7 Å². The van der Waals surface area contributed by atoms with E-state index < -0.39 is 6.03 Å². The Morgan fingerprint density at radius 3 is 2.00 bits per heavy atom. The molecule has 0 heterocycles. The van der Waals surface area contributed by atoms with Gasteiger partial charge in [0.25, 0.3) is 0 Å². The lowest BCUT2D eigenvalue weighted by molar-refractivity contribution is 0.249. The van der Waals surface area contributed by atoms with Gasteiger partial charge in [0.15, 0.2) is 5.11 Å². The average Bonchev–Trinajstić information content (AvgIpc) is 2.55. The Hall–Kier alpha value is -2.93. The normalized spacial score (nSPS) is 10.8. The van der Waals surface area contributed by atoms with Crippen LogP contribution in [-0.2, 0) is 0 Å². The summed E-state index contributed by atoms with van der Waals surface area (Å²) in [7, 11) is 0. The minimum atomic E-state index is -0.694. The van der Waals surface area contributed by atoms with Crippen LogP contribution < -0.4 is 21.8 Å². The second kappa shape index (κ2) is 8.07. The predicted octanol–water partition coefficient (Wildman–Crippen LogP) is 3.20. The number of rotatable bonds is 4. The number of urea groups is 1. The maximum atomic E-state index is 10.7. The number of hydrogen-bond acceptors (Lipinski definition) is 3. The molecule has 0 spiro atoms. The molecule has 0 saturated heterocycles. The van der Waals surface area contributed by atoms with Crippen LogP contribution in [-0.4, -0.2) is 16.9 Å². The van der Waals surface area contributed by atoms with Gasteiger partial charge in [-0.05, 0) is 55.9 Å². The molecule has 5 N–H and O–H groups in total. The van der Waals surface area contributed by atoms with E-state index in [2.05, 4.69) is 21.2 Å². The molecule has 6 nitrogen and oxygen atoms in total. The van der Waals surface area contributed by atoms with Gasteiger partial charge in [0.2, 0.25) is 0 Å². The second-order valence-corrected chi connectivity index (χ2v) is 5.60. The highest BCUT2D eigenvalue weighted by atomic mass is 32.1. The van der Waals surface area contributed by atoms with Gasteiger partial charge >= 0.3 is 6.03 Å². The molecule has 124 valence electrons. The molecule has 2 aromatic carbocycles. The van der Waals surface area contributed by atoms with Crippen LogP contribution in [0.25, 0.3) is 0 Å². The van der Waals surface area contributed by atoms with Gasteiger partial charge in [-0.25, -0.2) is 10.2 Å². The molecule has 7 heteroatoms. The first-order valence-electron chi connectivity index (χ1n) is 7.29. The Balaban J connectivity index is 1.95. The van der Waals surface area contributed by atoms with E-state index in [1.807, 2.05) is 55.5 Å². The number of amides is 2. The van der Waals surface area contributed by atoms with Crippen molar-refractivity contribution in [1.29, 1.82) is 0 Å². The topological polar surface area (TPSA) is 91.5 Å². The lowest BCUT2D eigenvalue weighted by Gasteiger charge is -2.11. The van der Waals surface area contributed by atoms with Crippen molar-refractivity contribution in [2.45, 2.75) is 13.8 Å². The van der Waals surface area contributed by atoms with E-state index in [0.29, 0.717) is 10.8 Å². The number of anilines is 2. The lowest BCUT2D eigenvalue weighted by Crippen LogP contribution is -2.25. The summed E-state index contributed by atoms with van der Waals surface area (Å²) in [4.78, 5) is 10.7. The third-order valence-corrected chi connectivity index (χ3v) is 3.41. The number of hydrazone groups is 1. The highest BCUT2D eigenvalue weighted by molar-refractivity contribution is 7.80. The monoisotopic (exact) mass is 341 g/mol. The first-order valence-corrected chi connectivity index (χ1v) is 7.70. The molecule has 0 radical (unpaired) electrons. The summed E-state index contributed by atoms with van der Waals surface area (Å²) in [5, 5.41) is 10.6. The molecular weight excluding hydrogens is 322 g/mol. The van der Waals surface area contributed by atoms with Crippen molar-refractivity contribution in [1.82, 2.24) is 5.43 Å². The summed E-state index contributed by atoms with van der Waals surface area (Å²) < 4.78 is 0. The SMILES string of the molecule is C/C(=N\NC(N)=O)c1ccc(NC(=S)Nc2ccc(C)cc2)cc1. The highest BCUT2D eigenvalue weighted by Gasteiger charge is 2.02. The summed E-state index contributed by atoms with van der Waals surface area (Å²) in [5.74, 6) is 0. The van der Waals surface area contributed by atoms with Crippen LogP contribution in [0.1, 0.15) is 18.1 Å². The Morgan fingerprint density at radius 2 is 1.50 bits per heavy atom. The lowest BCUT2D eigenvalue weighted by atomic mass is 10.1. The summed E-state index contributed by atoms with van der Waals surface area (Å²) >= 11 is 5.30. The van der Waals surface area contributed by atoms with Crippen LogP contribution in [0.4, 0.5) is 16.2 Å². The molecule has 0 aliphatic heterocycles. The van der Waals surface area contributed by atoms with E-state index in [4.69, 9.17) is 18.0 Å². The van der Waals surface area contributed by atoms with Gasteiger partial charge in [-0.15, -0.1) is 0 Å². The number of carbonyl (C=O) groups excluding carboxylic acids is 1. The van der Waals surface area contributed by atoms with E-state index >= 15 is 0 Å². The fourth-order valence-corrected chi connectivity index (χ4v) is 2.16. The fourth-order valence-electron chi connectivity index (χ4n) is 1.93. The third-order valence-electron chi connectivity index (χ3n) is 3.20. The number of hydrogen-bond donors (Lipinski definition) is 4. The summed E-state index contributed by atoms with van der Waals surface area (Å²) in [6.45, 7) is 3.81. The van der Waals surface area contributed by atoms with Gasteiger partial charge in [0, 0.05) is 11.4 Å². The van der Waals surface area contributed by atoms with Crippen molar-refractivity contribution >= 4 is 40.4 Å². The number of nitrogens with two attached hydrogens (primary N) is 1. The molecule has 2 aromatic rings. The Morgan fingerprint density at radius 1 is 1.00 bits per heavy atom. The number of nitrogens with zero attached hydrogens (tertiary/aromatic N) is 1. The maximum Gasteiger partial charge on any atom is 0.332 e. The Labute approximate surface area is 146 Å². The maximum absolute atomic E-state index is 10.7. The number of carbonyl (C=O) groups is 1. The van der Waals surface area contributed by atoms with E-state index in [0.717, 1.165) is 16.9 Å². The van der Waals surface area contributed by atoms with E-state index in [1.165, 1.54) is 5.56 Å². The van der Waals surface area contributed by atoms with Gasteiger partial charge in [-0.1, -0.05) is 29.8 Å². The molecular formula is C17H19N5OS. The molecule has 0 unspecified atom stereocenters. The molecule has 2 amide bonds. The van der Waals surface area contributed by atoms with Crippen molar-refractivity contribution in [2.24, 2.45) is 10.8 Å². The number of benzene rings is 2. The summed E-state index contributed by atoms with van der Waals surface area (Å²) in [5.41, 5.74) is 11.7. The number of nitrogens with one attached hydrogen (secondary N) is 3. The molecule has 2 rings (SSSR count). The molecule has 0 aliphatic carbocycles. The summed E-state index contributed by atoms with van der Waals surface area (Å²) in [6.07, 6.45) is 0. The number of aryl methyl sites for hydroxylation is 1. The molecule has 0 aliphatic rings. The molecule has 0 fully saturated rings. The highest BCUT2D eigenvalue weighted by Crippen LogP contribution is 2.13. The molecule has 0 bridgehead atoms. The van der Waals surface area contributed by atoms with E-state index in [1.54, 1.807) is 6.92 Å². The third kappa shape index (κ3) is 5.36. The van der Waals surface area contributed by atoms with Crippen LogP contribution in [0.15, 0.2) is 53.6 Å². The van der Waals surface area contributed by atoms with Crippen LogP contribution in [0.2, 0.25) is 0 Å². The van der Waals surface area contributed by atoms with Crippen LogP contribution in [0, 0.1) is 6.92 Å². The molecule has 0 atom stereocenters. The fraction of sp³-hybridized carbons (Fsp3) is 0.118. The van der Waals surface area contributed by atoms with Gasteiger partial charge in [-0.3, -0.25) is 0 Å². The average molecular weight is 341 g/mol. The van der Waals surface area contributed by atoms with E-state index in [-0.39, 0.29) is 0 Å². The zero-order valence-corrected chi connectivity index (χ0v) is 14.3. The zero-order chi connectivity index (χ0) is 17.5. The Kier molecular flexibility index (Phi) is 5.86. The van der Waals surface area contributed by atoms with Crippen LogP contribution in [0.3, 0.4) is 0 Å². The zero-order valence-electron chi connectivity index (χ0n) is 13.5. The molecule has 0 aromatic heterocycles. The van der Waals surface area contributed by atoms with Crippen LogP contribution in [0.5, 0.6) is 0 Å². The quantitative estimate of drug-likeness (QED) is 0.390. The van der Waals surface area contributed by atoms with Gasteiger partial charge in [0.05, 0.1) is 5.71 Å². The molecule has 0 saturated carbocycles. The minimum absolute atomic E-state index is 0.507. The smallest absolute Gasteiger partial charge is 0.332 e. The first-order chi connectivity index (χ1) is 11.4. The number of primary amides is 1. The van der Waals surface area contributed by atoms with Crippen LogP contribution >= 0.6 is 12.2 Å². The van der Waals surface area contributed by atoms with Gasteiger partial charge in [-0.2, -0.15) is 5.10 Å². The van der Waals surface area contributed by atoms with Gasteiger partial charge < -0.3 is 16.4 Å². The first kappa shape index (κ1) is 17.4. The van der Waals surface area contributed by atoms with Crippen molar-refractivity contribution < 1.29 is 4.79 Å². The minimum Gasteiger partial charge on any atom is -0.350 e. The largest absolute Gasteiger partial charge is 0.350 e. The van der Waals surface area contributed by atoms with Crippen molar-refractivity contribution in [3.63, 3.8) is 0 Å². The van der Waals surface area contributed by atoms with Crippen molar-refractivity contribution in [2.75, 3.05) is 10.6 Å². The van der Waals surface area contributed by atoms with Gasteiger partial charge in [0.1, 0.15) is 0 Å². The van der Waals surface area contributed by atoms with E-state index in [9.17, 15) is 4.79 Å². The molecule has 24 heavy (non-hydrogen) atoms. The number of thiocarbonyl (C=S) groups is 1.